The first-order valence-corrected chi connectivity index (χ1v) is 3.28. The molecule has 11 heavy (non-hydrogen) atoms. The van der Waals surface area contributed by atoms with Crippen LogP contribution >= 0.6 is 0 Å². The van der Waals surface area contributed by atoms with Gasteiger partial charge in [-0.05, 0) is 6.92 Å². The Hall–Kier alpha value is -0.650. The van der Waals surface area contributed by atoms with Gasteiger partial charge < -0.3 is 20.1 Å². The molecule has 0 bridgehead atoms. The van der Waals surface area contributed by atoms with Crippen LogP contribution in [0.2, 0.25) is 0 Å². The molecule has 1 rings (SSSR count). The maximum atomic E-state index is 10.6. The summed E-state index contributed by atoms with van der Waals surface area (Å²) in [6.07, 6.45) is -4.80. The molecule has 64 valence electrons. The molecular formula is C6H10O5. The molecule has 0 aromatic carbocycles. The third-order valence-electron chi connectivity index (χ3n) is 1.63. The lowest BCUT2D eigenvalue weighted by Crippen LogP contribution is -2.37. The van der Waals surface area contributed by atoms with Gasteiger partial charge >= 0.3 is 5.97 Å². The van der Waals surface area contributed by atoms with Gasteiger partial charge in [-0.15, -0.1) is 0 Å². The van der Waals surface area contributed by atoms with Gasteiger partial charge in [0.05, 0.1) is 6.10 Å². The Bertz CT molecular complexity index is 166. The Kier molecular flexibility index (Phi) is 2.12. The number of hydrogen-bond acceptors (Lipinski definition) is 5. The van der Waals surface area contributed by atoms with E-state index in [1.165, 1.54) is 6.92 Å². The molecule has 1 saturated heterocycles. The van der Waals surface area contributed by atoms with Crippen LogP contribution in [0.15, 0.2) is 0 Å². The Balaban J connectivity index is 2.67. The first-order chi connectivity index (χ1) is 5.04. The van der Waals surface area contributed by atoms with Gasteiger partial charge in [-0.3, -0.25) is 0 Å². The fraction of sp³-hybridized carbons (Fsp3) is 0.833. The van der Waals surface area contributed by atoms with Gasteiger partial charge in [0.15, 0.2) is 12.2 Å². The van der Waals surface area contributed by atoms with Crippen LogP contribution in [0.3, 0.4) is 0 Å². The van der Waals surface area contributed by atoms with Crippen LogP contribution in [0.4, 0.5) is 0 Å². The second-order valence-electron chi connectivity index (χ2n) is 2.58. The first kappa shape index (κ1) is 8.45. The minimum Gasteiger partial charge on any atom is -0.455 e. The fourth-order valence-electron chi connectivity index (χ4n) is 0.976. The lowest BCUT2D eigenvalue weighted by Gasteiger charge is -2.15. The molecule has 4 atom stereocenters. The molecule has 0 unspecified atom stereocenters. The van der Waals surface area contributed by atoms with Crippen LogP contribution in [0.1, 0.15) is 6.92 Å². The largest absolute Gasteiger partial charge is 0.455 e. The molecule has 0 aromatic heterocycles. The minimum absolute atomic E-state index is 0.886. The molecule has 0 aliphatic carbocycles. The summed E-state index contributed by atoms with van der Waals surface area (Å²) in [6.45, 7) is 1.37. The van der Waals surface area contributed by atoms with Crippen LogP contribution in [0.25, 0.3) is 0 Å². The van der Waals surface area contributed by atoms with E-state index in [1.54, 1.807) is 0 Å². The average Bonchev–Trinajstić information content (AvgIpc) is 2.17. The summed E-state index contributed by atoms with van der Waals surface area (Å²) < 4.78 is 4.46. The maximum absolute atomic E-state index is 10.6. The topological polar surface area (TPSA) is 87.0 Å². The Morgan fingerprint density at radius 3 is 2.27 bits per heavy atom. The standard InChI is InChI=1S/C6H10O5/c1-2(7)5-3(8)4(9)6(10)11-5/h2-5,7-9H,1H3/t2-,3-,4+,5+/m0/s1. The van der Waals surface area contributed by atoms with Gasteiger partial charge in [-0.1, -0.05) is 0 Å². The van der Waals surface area contributed by atoms with Gasteiger partial charge in [-0.25, -0.2) is 4.79 Å². The Morgan fingerprint density at radius 1 is 1.55 bits per heavy atom. The lowest BCUT2D eigenvalue weighted by atomic mass is 10.1. The number of esters is 1. The molecule has 1 fully saturated rings. The highest BCUT2D eigenvalue weighted by molar-refractivity contribution is 5.77. The summed E-state index contributed by atoms with van der Waals surface area (Å²) in [5, 5.41) is 26.8. The maximum Gasteiger partial charge on any atom is 0.338 e. The van der Waals surface area contributed by atoms with Gasteiger partial charge in [-0.2, -0.15) is 0 Å². The van der Waals surface area contributed by atoms with Crippen molar-refractivity contribution in [3.05, 3.63) is 0 Å². The van der Waals surface area contributed by atoms with Crippen molar-refractivity contribution in [3.8, 4) is 0 Å². The number of rotatable bonds is 1. The number of carbonyl (C=O) groups is 1. The van der Waals surface area contributed by atoms with E-state index in [9.17, 15) is 4.79 Å². The van der Waals surface area contributed by atoms with Crippen molar-refractivity contribution >= 4 is 5.97 Å². The van der Waals surface area contributed by atoms with Crippen LogP contribution in [-0.2, 0) is 9.53 Å². The highest BCUT2D eigenvalue weighted by Gasteiger charge is 2.44. The number of cyclic esters (lactones) is 1. The molecule has 1 aliphatic heterocycles. The highest BCUT2D eigenvalue weighted by atomic mass is 16.6. The van der Waals surface area contributed by atoms with E-state index in [0.717, 1.165) is 0 Å². The van der Waals surface area contributed by atoms with Gasteiger partial charge in [0.25, 0.3) is 0 Å². The first-order valence-electron chi connectivity index (χ1n) is 3.28. The molecule has 3 N–H and O–H groups in total. The van der Waals surface area contributed by atoms with E-state index in [1.807, 2.05) is 0 Å². The molecule has 0 aromatic rings. The van der Waals surface area contributed by atoms with Crippen molar-refractivity contribution in [2.45, 2.75) is 31.3 Å². The lowest BCUT2D eigenvalue weighted by molar-refractivity contribution is -0.150. The van der Waals surface area contributed by atoms with Crippen molar-refractivity contribution in [1.82, 2.24) is 0 Å². The number of ether oxygens (including phenoxy) is 1. The molecular weight excluding hydrogens is 152 g/mol. The highest BCUT2D eigenvalue weighted by Crippen LogP contribution is 2.18. The third-order valence-corrected chi connectivity index (χ3v) is 1.63. The summed E-state index contributed by atoms with van der Waals surface area (Å²) >= 11 is 0. The molecule has 5 nitrogen and oxygen atoms in total. The molecule has 1 heterocycles. The van der Waals surface area contributed by atoms with E-state index >= 15 is 0 Å². The molecule has 1 aliphatic rings. The zero-order valence-corrected chi connectivity index (χ0v) is 5.97. The molecule has 0 radical (unpaired) electrons. The number of carbonyl (C=O) groups excluding carboxylic acids is 1. The quantitative estimate of drug-likeness (QED) is 0.389. The number of hydrogen-bond donors (Lipinski definition) is 3. The smallest absolute Gasteiger partial charge is 0.338 e. The molecule has 0 spiro atoms. The van der Waals surface area contributed by atoms with Crippen molar-refractivity contribution in [2.24, 2.45) is 0 Å². The van der Waals surface area contributed by atoms with Crippen molar-refractivity contribution in [1.29, 1.82) is 0 Å². The normalized spacial score (nSPS) is 40.4. The summed E-state index contributed by atoms with van der Waals surface area (Å²) in [7, 11) is 0. The summed E-state index contributed by atoms with van der Waals surface area (Å²) in [5.41, 5.74) is 0. The van der Waals surface area contributed by atoms with Crippen LogP contribution in [0.5, 0.6) is 0 Å². The zero-order valence-electron chi connectivity index (χ0n) is 5.97. The Labute approximate surface area is 63.2 Å². The molecule has 5 heteroatoms. The third kappa shape index (κ3) is 1.35. The van der Waals surface area contributed by atoms with E-state index in [-0.39, 0.29) is 0 Å². The van der Waals surface area contributed by atoms with E-state index < -0.39 is 30.4 Å². The monoisotopic (exact) mass is 162 g/mol. The fourth-order valence-corrected chi connectivity index (χ4v) is 0.976. The molecule has 0 saturated carbocycles. The van der Waals surface area contributed by atoms with Gasteiger partial charge in [0.1, 0.15) is 6.10 Å². The van der Waals surface area contributed by atoms with Crippen molar-refractivity contribution in [3.63, 3.8) is 0 Å². The van der Waals surface area contributed by atoms with Gasteiger partial charge in [0.2, 0.25) is 0 Å². The van der Waals surface area contributed by atoms with E-state index in [0.29, 0.717) is 0 Å². The second kappa shape index (κ2) is 2.77. The molecule has 0 amide bonds. The van der Waals surface area contributed by atoms with Crippen molar-refractivity contribution in [2.75, 3.05) is 0 Å². The average molecular weight is 162 g/mol. The number of aliphatic hydroxyl groups is 3. The van der Waals surface area contributed by atoms with Gasteiger partial charge in [0, 0.05) is 0 Å². The SMILES string of the molecule is C[C@H](O)[C@H]1OC(=O)[C@H](O)[C@@H]1O. The van der Waals surface area contributed by atoms with Crippen LogP contribution in [0, 0.1) is 0 Å². The Morgan fingerprint density at radius 2 is 2.09 bits per heavy atom. The summed E-state index contributed by atoms with van der Waals surface area (Å²) in [4.78, 5) is 10.6. The number of aliphatic hydroxyl groups excluding tert-OH is 3. The summed E-state index contributed by atoms with van der Waals surface area (Å²) in [5.74, 6) is -0.886. The predicted molar refractivity (Wildman–Crippen MR) is 33.6 cm³/mol. The van der Waals surface area contributed by atoms with Crippen LogP contribution in [-0.4, -0.2) is 45.7 Å². The van der Waals surface area contributed by atoms with Crippen LogP contribution < -0.4 is 0 Å². The minimum atomic E-state index is -1.52. The zero-order chi connectivity index (χ0) is 8.59. The predicted octanol–water partition coefficient (Wildman–Crippen LogP) is -1.99. The summed E-state index contributed by atoms with van der Waals surface area (Å²) in [6, 6.07) is 0. The second-order valence-corrected chi connectivity index (χ2v) is 2.58. The van der Waals surface area contributed by atoms with E-state index in [2.05, 4.69) is 4.74 Å². The van der Waals surface area contributed by atoms with Crippen molar-refractivity contribution < 1.29 is 24.9 Å². The van der Waals surface area contributed by atoms with E-state index in [4.69, 9.17) is 15.3 Å².